The van der Waals surface area contributed by atoms with E-state index >= 15 is 0 Å². The number of nitrogens with zero attached hydrogens (tertiary/aromatic N) is 1. The van der Waals surface area contributed by atoms with Crippen LogP contribution in [-0.4, -0.2) is 17.1 Å². The van der Waals surface area contributed by atoms with Crippen molar-refractivity contribution in [1.82, 2.24) is 10.3 Å². The average Bonchev–Trinajstić information content (AvgIpc) is 3.05. The molecule has 0 atom stereocenters. The molecule has 2 aliphatic rings. The summed E-state index contributed by atoms with van der Waals surface area (Å²) in [6.45, 7) is 0.889. The predicted molar refractivity (Wildman–Crippen MR) is 67.0 cm³/mol. The van der Waals surface area contributed by atoms with Gasteiger partial charge in [-0.1, -0.05) is 0 Å². The van der Waals surface area contributed by atoms with Gasteiger partial charge in [-0.05, 0) is 44.6 Å². The van der Waals surface area contributed by atoms with Crippen molar-refractivity contribution in [2.75, 3.05) is 0 Å². The Labute approximate surface area is 103 Å². The van der Waals surface area contributed by atoms with Crippen LogP contribution in [-0.2, 0) is 6.54 Å². The zero-order valence-electron chi connectivity index (χ0n) is 10.2. The normalized spacial score (nSPS) is 20.7. The Morgan fingerprint density at radius 1 is 1.24 bits per heavy atom. The smallest absolute Gasteiger partial charge is 0.127 e. The number of nitrogens with one attached hydrogen (secondary N) is 1. The standard InChI is InChI=1S/C14H20N2O/c1-2-4-13(3-1)17-14-7-8-15-9-11(14)10-16-12-5-6-12/h7-9,12-13,16H,1-6,10H2. The van der Waals surface area contributed by atoms with Gasteiger partial charge >= 0.3 is 0 Å². The molecule has 2 fully saturated rings. The van der Waals surface area contributed by atoms with Gasteiger partial charge in [0.25, 0.3) is 0 Å². The molecule has 2 saturated carbocycles. The van der Waals surface area contributed by atoms with Crippen LogP contribution in [0.5, 0.6) is 5.75 Å². The van der Waals surface area contributed by atoms with Crippen molar-refractivity contribution >= 4 is 0 Å². The molecule has 0 aromatic carbocycles. The third-order valence-electron chi connectivity index (χ3n) is 3.61. The molecule has 0 bridgehead atoms. The molecule has 3 rings (SSSR count). The van der Waals surface area contributed by atoms with E-state index < -0.39 is 0 Å². The number of rotatable bonds is 5. The fourth-order valence-corrected chi connectivity index (χ4v) is 2.39. The number of ether oxygens (including phenoxy) is 1. The third kappa shape index (κ3) is 2.97. The number of aromatic nitrogens is 1. The molecule has 1 aromatic heterocycles. The topological polar surface area (TPSA) is 34.1 Å². The summed E-state index contributed by atoms with van der Waals surface area (Å²) in [4.78, 5) is 4.20. The van der Waals surface area contributed by atoms with Crippen LogP contribution in [0, 0.1) is 0 Å². The van der Waals surface area contributed by atoms with Gasteiger partial charge in [0.1, 0.15) is 5.75 Å². The van der Waals surface area contributed by atoms with Gasteiger partial charge in [-0.2, -0.15) is 0 Å². The second kappa shape index (κ2) is 5.05. The first kappa shape index (κ1) is 11.0. The van der Waals surface area contributed by atoms with Gasteiger partial charge in [0.2, 0.25) is 0 Å². The van der Waals surface area contributed by atoms with Crippen molar-refractivity contribution in [1.29, 1.82) is 0 Å². The first-order valence-electron chi connectivity index (χ1n) is 6.75. The summed E-state index contributed by atoms with van der Waals surface area (Å²) in [6, 6.07) is 2.73. The summed E-state index contributed by atoms with van der Waals surface area (Å²) < 4.78 is 6.08. The van der Waals surface area contributed by atoms with Crippen molar-refractivity contribution in [3.05, 3.63) is 24.0 Å². The molecule has 2 aliphatic carbocycles. The van der Waals surface area contributed by atoms with E-state index in [4.69, 9.17) is 4.74 Å². The van der Waals surface area contributed by atoms with Crippen molar-refractivity contribution < 1.29 is 4.74 Å². The summed E-state index contributed by atoms with van der Waals surface area (Å²) in [5.74, 6) is 1.03. The maximum atomic E-state index is 6.08. The van der Waals surface area contributed by atoms with E-state index in [0.29, 0.717) is 6.10 Å². The van der Waals surface area contributed by atoms with Crippen LogP contribution >= 0.6 is 0 Å². The largest absolute Gasteiger partial charge is 0.490 e. The average molecular weight is 232 g/mol. The van der Waals surface area contributed by atoms with E-state index in [-0.39, 0.29) is 0 Å². The van der Waals surface area contributed by atoms with E-state index in [0.717, 1.165) is 18.3 Å². The Bertz CT molecular complexity index is 370. The Balaban J connectivity index is 1.63. The monoisotopic (exact) mass is 232 g/mol. The second-order valence-electron chi connectivity index (χ2n) is 5.16. The number of pyridine rings is 1. The van der Waals surface area contributed by atoms with Crippen molar-refractivity contribution in [2.24, 2.45) is 0 Å². The second-order valence-corrected chi connectivity index (χ2v) is 5.16. The van der Waals surface area contributed by atoms with Crippen molar-refractivity contribution in [3.8, 4) is 5.75 Å². The van der Waals surface area contributed by atoms with Gasteiger partial charge in [-0.3, -0.25) is 4.98 Å². The maximum Gasteiger partial charge on any atom is 0.127 e. The van der Waals surface area contributed by atoms with Gasteiger partial charge < -0.3 is 10.1 Å². The molecule has 0 saturated heterocycles. The minimum absolute atomic E-state index is 0.428. The van der Waals surface area contributed by atoms with E-state index in [1.165, 1.54) is 44.1 Å². The highest BCUT2D eigenvalue weighted by molar-refractivity contribution is 5.30. The van der Waals surface area contributed by atoms with Crippen LogP contribution in [0.15, 0.2) is 18.5 Å². The molecule has 3 heteroatoms. The fraction of sp³-hybridized carbons (Fsp3) is 0.643. The lowest BCUT2D eigenvalue weighted by Crippen LogP contribution is -2.18. The van der Waals surface area contributed by atoms with Crippen LogP contribution in [0.25, 0.3) is 0 Å². The van der Waals surface area contributed by atoms with E-state index in [9.17, 15) is 0 Å². The van der Waals surface area contributed by atoms with E-state index in [2.05, 4.69) is 10.3 Å². The van der Waals surface area contributed by atoms with Crippen LogP contribution in [0.4, 0.5) is 0 Å². The van der Waals surface area contributed by atoms with Gasteiger partial charge in [-0.15, -0.1) is 0 Å². The first-order chi connectivity index (χ1) is 8.42. The number of hydrogen-bond donors (Lipinski definition) is 1. The molecule has 17 heavy (non-hydrogen) atoms. The Morgan fingerprint density at radius 2 is 2.06 bits per heavy atom. The summed E-state index contributed by atoms with van der Waals surface area (Å²) in [7, 11) is 0. The summed E-state index contributed by atoms with van der Waals surface area (Å²) >= 11 is 0. The quantitative estimate of drug-likeness (QED) is 0.847. The Kier molecular flexibility index (Phi) is 3.27. The molecule has 0 radical (unpaired) electrons. The zero-order chi connectivity index (χ0) is 11.5. The van der Waals surface area contributed by atoms with Crippen LogP contribution in [0.1, 0.15) is 44.1 Å². The minimum atomic E-state index is 0.428. The molecule has 92 valence electrons. The van der Waals surface area contributed by atoms with Crippen LogP contribution in [0.2, 0.25) is 0 Å². The maximum absolute atomic E-state index is 6.08. The lowest BCUT2D eigenvalue weighted by atomic mass is 10.2. The summed E-state index contributed by atoms with van der Waals surface area (Å²) in [5, 5.41) is 3.52. The van der Waals surface area contributed by atoms with Crippen molar-refractivity contribution in [3.63, 3.8) is 0 Å². The predicted octanol–water partition coefficient (Wildman–Crippen LogP) is 2.66. The molecule has 1 N–H and O–H groups in total. The number of hydrogen-bond acceptors (Lipinski definition) is 3. The highest BCUT2D eigenvalue weighted by Gasteiger charge is 2.21. The summed E-state index contributed by atoms with van der Waals surface area (Å²) in [5.41, 5.74) is 1.20. The van der Waals surface area contributed by atoms with Crippen LogP contribution < -0.4 is 10.1 Å². The molecule has 3 nitrogen and oxygen atoms in total. The molecule has 0 spiro atoms. The van der Waals surface area contributed by atoms with E-state index in [1.54, 1.807) is 0 Å². The molecular formula is C14H20N2O. The molecular weight excluding hydrogens is 212 g/mol. The first-order valence-corrected chi connectivity index (χ1v) is 6.75. The minimum Gasteiger partial charge on any atom is -0.490 e. The summed E-state index contributed by atoms with van der Waals surface area (Å²) in [6.07, 6.45) is 11.9. The SMILES string of the molecule is c1cc(OC2CCCC2)c(CNC2CC2)cn1. The molecule has 0 unspecified atom stereocenters. The fourth-order valence-electron chi connectivity index (χ4n) is 2.39. The molecule has 0 aliphatic heterocycles. The van der Waals surface area contributed by atoms with Gasteiger partial charge in [-0.25, -0.2) is 0 Å². The lowest BCUT2D eigenvalue weighted by Gasteiger charge is -2.16. The third-order valence-corrected chi connectivity index (χ3v) is 3.61. The van der Waals surface area contributed by atoms with Gasteiger partial charge in [0.05, 0.1) is 6.10 Å². The molecule has 1 aromatic rings. The van der Waals surface area contributed by atoms with Gasteiger partial charge in [0, 0.05) is 30.5 Å². The highest BCUT2D eigenvalue weighted by Crippen LogP contribution is 2.27. The molecule has 0 amide bonds. The highest BCUT2D eigenvalue weighted by atomic mass is 16.5. The van der Waals surface area contributed by atoms with E-state index in [1.807, 2.05) is 18.5 Å². The molecule has 1 heterocycles. The zero-order valence-corrected chi connectivity index (χ0v) is 10.2. The van der Waals surface area contributed by atoms with Crippen molar-refractivity contribution in [2.45, 2.75) is 57.2 Å². The van der Waals surface area contributed by atoms with Gasteiger partial charge in [0.15, 0.2) is 0 Å². The Hall–Kier alpha value is -1.09. The Morgan fingerprint density at radius 3 is 2.82 bits per heavy atom. The van der Waals surface area contributed by atoms with Crippen LogP contribution in [0.3, 0.4) is 0 Å². The lowest BCUT2D eigenvalue weighted by molar-refractivity contribution is 0.207.